The molecule has 1 aromatic carbocycles. The van der Waals surface area contributed by atoms with E-state index in [2.05, 4.69) is 10.3 Å². The quantitative estimate of drug-likeness (QED) is 0.656. The number of nitrogens with one attached hydrogen (secondary N) is 1. The van der Waals surface area contributed by atoms with E-state index in [-0.39, 0.29) is 24.0 Å². The van der Waals surface area contributed by atoms with Crippen LogP contribution >= 0.6 is 12.4 Å². The number of aromatic nitrogens is 2. The predicted octanol–water partition coefficient (Wildman–Crippen LogP) is 1.68. The maximum absolute atomic E-state index is 13.6. The summed E-state index contributed by atoms with van der Waals surface area (Å²) in [5.41, 5.74) is -0.653. The van der Waals surface area contributed by atoms with Crippen LogP contribution in [0.2, 0.25) is 0 Å². The van der Waals surface area contributed by atoms with Crippen molar-refractivity contribution < 1.29 is 14.1 Å². The van der Waals surface area contributed by atoms with Gasteiger partial charge in [-0.2, -0.15) is 0 Å². The predicted molar refractivity (Wildman–Crippen MR) is 90.2 cm³/mol. The van der Waals surface area contributed by atoms with Gasteiger partial charge in [0.2, 0.25) is 0 Å². The lowest BCUT2D eigenvalue weighted by Crippen LogP contribution is -2.49. The van der Waals surface area contributed by atoms with Gasteiger partial charge in [-0.15, -0.1) is 12.4 Å². The van der Waals surface area contributed by atoms with Gasteiger partial charge in [0.25, 0.3) is 11.6 Å². The number of carbonyl (C=O) groups excluding carboxylic acids is 1. The van der Waals surface area contributed by atoms with E-state index in [1.807, 2.05) is 7.05 Å². The number of hydrogen-bond donors (Lipinski definition) is 1. The van der Waals surface area contributed by atoms with Gasteiger partial charge >= 0.3 is 0 Å². The van der Waals surface area contributed by atoms with Gasteiger partial charge in [0.15, 0.2) is 0 Å². The Hall–Kier alpha value is -2.52. The first-order valence-corrected chi connectivity index (χ1v) is 7.42. The number of imidazole rings is 1. The summed E-state index contributed by atoms with van der Waals surface area (Å²) in [6, 6.07) is 2.52. The summed E-state index contributed by atoms with van der Waals surface area (Å²) >= 11 is 0. The normalized spacial score (nSPS) is 17.0. The van der Waals surface area contributed by atoms with Crippen LogP contribution in [0.15, 0.2) is 30.6 Å². The number of hydrogen-bond acceptors (Lipinski definition) is 5. The number of nitro benzene ring substituents is 1. The highest BCUT2D eigenvalue weighted by Gasteiger charge is 2.34. The zero-order chi connectivity index (χ0) is 17.3. The van der Waals surface area contributed by atoms with Crippen LogP contribution in [-0.2, 0) is 7.05 Å². The Morgan fingerprint density at radius 3 is 2.88 bits per heavy atom. The fourth-order valence-electron chi connectivity index (χ4n) is 2.87. The molecule has 10 heteroatoms. The molecule has 134 valence electrons. The minimum atomic E-state index is -0.687. The first kappa shape index (κ1) is 18.8. The molecule has 0 aliphatic carbocycles. The molecule has 1 amide bonds. The molecule has 1 aliphatic heterocycles. The van der Waals surface area contributed by atoms with E-state index in [4.69, 9.17) is 0 Å². The van der Waals surface area contributed by atoms with Gasteiger partial charge in [0, 0.05) is 45.1 Å². The molecule has 1 aliphatic rings. The van der Waals surface area contributed by atoms with Crippen LogP contribution in [0.4, 0.5) is 10.1 Å². The van der Waals surface area contributed by atoms with E-state index < -0.39 is 22.3 Å². The van der Waals surface area contributed by atoms with Gasteiger partial charge in [-0.3, -0.25) is 14.9 Å². The number of rotatable bonds is 3. The highest BCUT2D eigenvalue weighted by atomic mass is 35.5. The van der Waals surface area contributed by atoms with E-state index in [1.165, 1.54) is 4.90 Å². The molecule has 1 fully saturated rings. The molecular weight excluding hydrogens is 353 g/mol. The Morgan fingerprint density at radius 2 is 2.24 bits per heavy atom. The third kappa shape index (κ3) is 3.62. The number of aryl methyl sites for hydroxylation is 1. The summed E-state index contributed by atoms with van der Waals surface area (Å²) in [7, 11) is 1.81. The third-order valence-corrected chi connectivity index (χ3v) is 4.05. The Balaban J connectivity index is 0.00000225. The zero-order valence-electron chi connectivity index (χ0n) is 13.4. The SMILES string of the molecule is Cl.Cn1ccnc1C1CNCCN1C(=O)c1cc(F)ccc1[N+](=O)[O-]. The first-order chi connectivity index (χ1) is 11.5. The van der Waals surface area contributed by atoms with E-state index >= 15 is 0 Å². The standard InChI is InChI=1S/C15H16FN5O3.ClH/c1-19-6-5-18-14(19)13-9-17-4-7-20(13)15(22)11-8-10(16)2-3-12(11)21(23)24;/h2-3,5-6,8,13,17H,4,7,9H2,1H3;1H. The van der Waals surface area contributed by atoms with Gasteiger partial charge in [-0.1, -0.05) is 0 Å². The van der Waals surface area contributed by atoms with Crippen molar-refractivity contribution in [2.24, 2.45) is 7.05 Å². The molecule has 1 N–H and O–H groups in total. The number of halogens is 2. The van der Waals surface area contributed by atoms with Crippen molar-refractivity contribution in [2.45, 2.75) is 6.04 Å². The van der Waals surface area contributed by atoms with Crippen molar-refractivity contribution in [2.75, 3.05) is 19.6 Å². The van der Waals surface area contributed by atoms with Gasteiger partial charge in [0.05, 0.1) is 4.92 Å². The summed E-state index contributed by atoms with van der Waals surface area (Å²) in [6.45, 7) is 1.37. The van der Waals surface area contributed by atoms with E-state index in [1.54, 1.807) is 17.0 Å². The maximum atomic E-state index is 13.6. The Kier molecular flexibility index (Phi) is 5.70. The average molecular weight is 370 g/mol. The molecule has 2 heterocycles. The lowest BCUT2D eigenvalue weighted by molar-refractivity contribution is -0.385. The van der Waals surface area contributed by atoms with E-state index in [0.717, 1.165) is 18.2 Å². The topological polar surface area (TPSA) is 93.3 Å². The molecule has 0 radical (unpaired) electrons. The Morgan fingerprint density at radius 1 is 1.48 bits per heavy atom. The minimum Gasteiger partial charge on any atom is -0.336 e. The number of nitrogens with zero attached hydrogens (tertiary/aromatic N) is 4. The van der Waals surface area contributed by atoms with Gasteiger partial charge in [-0.25, -0.2) is 9.37 Å². The molecular formula is C15H17ClFN5O3. The van der Waals surface area contributed by atoms with Crippen molar-refractivity contribution >= 4 is 24.0 Å². The molecule has 25 heavy (non-hydrogen) atoms. The number of piperazine rings is 1. The van der Waals surface area contributed by atoms with Crippen molar-refractivity contribution in [1.29, 1.82) is 0 Å². The van der Waals surface area contributed by atoms with Gasteiger partial charge in [0.1, 0.15) is 23.2 Å². The Labute approximate surface area is 149 Å². The second kappa shape index (κ2) is 7.58. The van der Waals surface area contributed by atoms with Gasteiger partial charge in [-0.05, 0) is 12.1 Å². The molecule has 0 bridgehead atoms. The van der Waals surface area contributed by atoms with Crippen molar-refractivity contribution in [1.82, 2.24) is 19.8 Å². The summed E-state index contributed by atoms with van der Waals surface area (Å²) in [5, 5.41) is 14.3. The van der Waals surface area contributed by atoms with Crippen LogP contribution < -0.4 is 5.32 Å². The van der Waals surface area contributed by atoms with Crippen molar-refractivity contribution in [3.8, 4) is 0 Å². The maximum Gasteiger partial charge on any atom is 0.282 e. The summed E-state index contributed by atoms with van der Waals surface area (Å²) in [6.07, 6.45) is 3.38. The van der Waals surface area contributed by atoms with E-state index in [0.29, 0.717) is 25.5 Å². The van der Waals surface area contributed by atoms with Crippen LogP contribution in [0.3, 0.4) is 0 Å². The van der Waals surface area contributed by atoms with Gasteiger partial charge < -0.3 is 14.8 Å². The molecule has 0 spiro atoms. The highest BCUT2D eigenvalue weighted by molar-refractivity contribution is 5.98. The molecule has 0 saturated carbocycles. The first-order valence-electron chi connectivity index (χ1n) is 7.42. The van der Waals surface area contributed by atoms with Crippen LogP contribution in [0, 0.1) is 15.9 Å². The lowest BCUT2D eigenvalue weighted by Gasteiger charge is -2.35. The number of nitro groups is 1. The minimum absolute atomic E-state index is 0. The van der Waals surface area contributed by atoms with Crippen molar-refractivity contribution in [3.63, 3.8) is 0 Å². The molecule has 1 unspecified atom stereocenters. The molecule has 1 aromatic heterocycles. The van der Waals surface area contributed by atoms with Crippen LogP contribution in [0.1, 0.15) is 22.2 Å². The number of benzene rings is 1. The smallest absolute Gasteiger partial charge is 0.282 e. The molecule has 1 atom stereocenters. The van der Waals surface area contributed by atoms with Crippen LogP contribution in [-0.4, -0.2) is 44.9 Å². The number of amides is 1. The van der Waals surface area contributed by atoms with E-state index in [9.17, 15) is 19.3 Å². The zero-order valence-corrected chi connectivity index (χ0v) is 14.2. The molecule has 3 rings (SSSR count). The number of carbonyl (C=O) groups is 1. The second-order valence-electron chi connectivity index (χ2n) is 5.53. The monoisotopic (exact) mass is 369 g/mol. The largest absolute Gasteiger partial charge is 0.336 e. The van der Waals surface area contributed by atoms with Crippen LogP contribution in [0.25, 0.3) is 0 Å². The molecule has 1 saturated heterocycles. The molecule has 2 aromatic rings. The fraction of sp³-hybridized carbons (Fsp3) is 0.333. The molecule has 8 nitrogen and oxygen atoms in total. The Bertz CT molecular complexity index is 797. The second-order valence-corrected chi connectivity index (χ2v) is 5.53. The van der Waals surface area contributed by atoms with Crippen molar-refractivity contribution in [3.05, 3.63) is 57.9 Å². The van der Waals surface area contributed by atoms with Crippen LogP contribution in [0.5, 0.6) is 0 Å². The fourth-order valence-corrected chi connectivity index (χ4v) is 2.87. The summed E-state index contributed by atoms with van der Waals surface area (Å²) in [4.78, 5) is 29.1. The lowest BCUT2D eigenvalue weighted by atomic mass is 10.1. The average Bonchev–Trinajstić information content (AvgIpc) is 2.99. The third-order valence-electron chi connectivity index (χ3n) is 4.05. The highest BCUT2D eigenvalue weighted by Crippen LogP contribution is 2.27. The summed E-state index contributed by atoms with van der Waals surface area (Å²) in [5.74, 6) is -0.599. The summed E-state index contributed by atoms with van der Waals surface area (Å²) < 4.78 is 15.3.